The van der Waals surface area contributed by atoms with Crippen LogP contribution in [0.5, 0.6) is 5.88 Å². The van der Waals surface area contributed by atoms with Crippen molar-refractivity contribution >= 4 is 5.82 Å². The third-order valence-electron chi connectivity index (χ3n) is 3.23. The number of rotatable bonds is 5. The Kier molecular flexibility index (Phi) is 3.78. The summed E-state index contributed by atoms with van der Waals surface area (Å²) < 4.78 is 9.07. The lowest BCUT2D eigenvalue weighted by atomic mass is 10.2. The normalized spacial score (nSPS) is 10.9. The number of methoxy groups -OCH3 is 1. The first kappa shape index (κ1) is 13.5. The first-order chi connectivity index (χ1) is 9.10. The van der Waals surface area contributed by atoms with Crippen LogP contribution < -0.4 is 10.5 Å². The van der Waals surface area contributed by atoms with Gasteiger partial charge in [-0.3, -0.25) is 0 Å². The van der Waals surface area contributed by atoms with E-state index in [4.69, 9.17) is 10.5 Å². The number of hydrogen-bond acceptors (Lipinski definition) is 4. The monoisotopic (exact) mass is 263 g/mol. The molecule has 0 unspecified atom stereocenters. The molecule has 104 valence electrons. The number of ether oxygens (including phenoxy) is 1. The number of aryl methyl sites for hydroxylation is 3. The molecule has 0 aromatic carbocycles. The Labute approximate surface area is 113 Å². The molecule has 0 spiro atoms. The number of aromatic nitrogens is 4. The lowest BCUT2D eigenvalue weighted by molar-refractivity contribution is 0.374. The summed E-state index contributed by atoms with van der Waals surface area (Å²) in [5.74, 6) is 1.35. The smallest absolute Gasteiger partial charge is 0.221 e. The van der Waals surface area contributed by atoms with E-state index in [1.54, 1.807) is 18.1 Å². The van der Waals surface area contributed by atoms with Gasteiger partial charge in [-0.2, -0.15) is 5.10 Å². The predicted octanol–water partition coefficient (Wildman–Crippen LogP) is 1.98. The van der Waals surface area contributed by atoms with Gasteiger partial charge in [-0.15, -0.1) is 0 Å². The maximum Gasteiger partial charge on any atom is 0.221 e. The quantitative estimate of drug-likeness (QED) is 0.895. The molecule has 0 fully saturated rings. The summed E-state index contributed by atoms with van der Waals surface area (Å²) in [4.78, 5) is 4.43. The molecule has 6 nitrogen and oxygen atoms in total. The van der Waals surface area contributed by atoms with Crippen molar-refractivity contribution in [1.82, 2.24) is 19.3 Å². The highest BCUT2D eigenvalue weighted by molar-refractivity contribution is 5.76. The van der Waals surface area contributed by atoms with E-state index in [-0.39, 0.29) is 0 Å². The minimum atomic E-state index is 0.669. The van der Waals surface area contributed by atoms with Crippen molar-refractivity contribution in [3.63, 3.8) is 0 Å². The minimum Gasteiger partial charge on any atom is -0.481 e. The molecule has 0 aliphatic carbocycles. The van der Waals surface area contributed by atoms with Gasteiger partial charge in [-0.25, -0.2) is 9.67 Å². The third kappa shape index (κ3) is 2.30. The third-order valence-corrected chi connectivity index (χ3v) is 3.23. The zero-order valence-corrected chi connectivity index (χ0v) is 12.0. The lowest BCUT2D eigenvalue weighted by Gasteiger charge is -2.06. The van der Waals surface area contributed by atoms with Crippen molar-refractivity contribution in [2.45, 2.75) is 33.2 Å². The number of nitrogen functional groups attached to an aromatic ring is 1. The van der Waals surface area contributed by atoms with Crippen LogP contribution in [0.15, 0.2) is 6.33 Å². The Balaban J connectivity index is 2.45. The van der Waals surface area contributed by atoms with Crippen LogP contribution in [0.1, 0.15) is 25.5 Å². The fraction of sp³-hybridized carbons (Fsp3) is 0.538. The van der Waals surface area contributed by atoms with Gasteiger partial charge in [0.15, 0.2) is 0 Å². The van der Waals surface area contributed by atoms with Gasteiger partial charge < -0.3 is 15.0 Å². The largest absolute Gasteiger partial charge is 0.481 e. The van der Waals surface area contributed by atoms with Crippen LogP contribution in [-0.4, -0.2) is 26.4 Å². The Hall–Kier alpha value is -1.98. The number of nitrogens with two attached hydrogens (primary N) is 1. The zero-order valence-electron chi connectivity index (χ0n) is 12.0. The molecule has 19 heavy (non-hydrogen) atoms. The summed E-state index contributed by atoms with van der Waals surface area (Å²) in [5, 5.41) is 4.36. The van der Waals surface area contributed by atoms with Gasteiger partial charge in [0.1, 0.15) is 11.5 Å². The van der Waals surface area contributed by atoms with E-state index < -0.39 is 0 Å². The molecule has 0 atom stereocenters. The van der Waals surface area contributed by atoms with Crippen LogP contribution in [0.4, 0.5) is 5.82 Å². The van der Waals surface area contributed by atoms with Crippen molar-refractivity contribution in [1.29, 1.82) is 0 Å². The summed E-state index contributed by atoms with van der Waals surface area (Å²) in [6.45, 7) is 4.97. The first-order valence-corrected chi connectivity index (χ1v) is 6.48. The summed E-state index contributed by atoms with van der Waals surface area (Å²) in [6, 6.07) is 0. The van der Waals surface area contributed by atoms with E-state index in [1.165, 1.54) is 0 Å². The number of imidazole rings is 1. The van der Waals surface area contributed by atoms with Crippen LogP contribution >= 0.6 is 0 Å². The first-order valence-electron chi connectivity index (χ1n) is 6.48. The average molecular weight is 263 g/mol. The molecule has 2 rings (SSSR count). The van der Waals surface area contributed by atoms with Crippen molar-refractivity contribution in [2.24, 2.45) is 7.05 Å². The van der Waals surface area contributed by atoms with E-state index in [0.717, 1.165) is 36.3 Å². The molecule has 2 aromatic heterocycles. The highest BCUT2D eigenvalue weighted by atomic mass is 16.5. The van der Waals surface area contributed by atoms with Gasteiger partial charge in [0.2, 0.25) is 5.88 Å². The molecule has 0 amide bonds. The van der Waals surface area contributed by atoms with E-state index >= 15 is 0 Å². The summed E-state index contributed by atoms with van der Waals surface area (Å²) in [5.41, 5.74) is 8.67. The summed E-state index contributed by atoms with van der Waals surface area (Å²) in [7, 11) is 3.48. The van der Waals surface area contributed by atoms with Crippen LogP contribution in [0, 0.1) is 6.92 Å². The van der Waals surface area contributed by atoms with Gasteiger partial charge in [0, 0.05) is 13.6 Å². The Morgan fingerprint density at radius 3 is 2.79 bits per heavy atom. The van der Waals surface area contributed by atoms with Gasteiger partial charge in [-0.05, 0) is 13.3 Å². The molecule has 2 aromatic rings. The molecule has 0 aliphatic rings. The minimum absolute atomic E-state index is 0.669. The van der Waals surface area contributed by atoms with E-state index in [0.29, 0.717) is 11.7 Å². The van der Waals surface area contributed by atoms with Crippen molar-refractivity contribution in [3.05, 3.63) is 12.0 Å². The van der Waals surface area contributed by atoms with Crippen LogP contribution in [0.2, 0.25) is 0 Å². The predicted molar refractivity (Wildman–Crippen MR) is 75.0 cm³/mol. The number of anilines is 1. The van der Waals surface area contributed by atoms with Crippen molar-refractivity contribution in [2.75, 3.05) is 12.8 Å². The van der Waals surface area contributed by atoms with Gasteiger partial charge >= 0.3 is 0 Å². The van der Waals surface area contributed by atoms with Crippen LogP contribution in [-0.2, 0) is 13.6 Å². The van der Waals surface area contributed by atoms with Gasteiger partial charge in [0.05, 0.1) is 24.7 Å². The Bertz CT molecular complexity index is 570. The second kappa shape index (κ2) is 5.34. The second-order valence-electron chi connectivity index (χ2n) is 4.62. The maximum absolute atomic E-state index is 6.19. The number of nitrogens with zero attached hydrogens (tertiary/aromatic N) is 4. The lowest BCUT2D eigenvalue weighted by Crippen LogP contribution is -2.02. The fourth-order valence-corrected chi connectivity index (χ4v) is 2.23. The molecular formula is C13H21N5O. The molecule has 0 saturated heterocycles. The highest BCUT2D eigenvalue weighted by Crippen LogP contribution is 2.34. The van der Waals surface area contributed by atoms with Crippen molar-refractivity contribution in [3.8, 4) is 17.1 Å². The zero-order chi connectivity index (χ0) is 14.0. The molecule has 0 bridgehead atoms. The van der Waals surface area contributed by atoms with Crippen LogP contribution in [0.25, 0.3) is 11.3 Å². The van der Waals surface area contributed by atoms with E-state index in [1.807, 2.05) is 18.5 Å². The molecule has 0 radical (unpaired) electrons. The standard InChI is InChI=1S/C13H21N5O/c1-5-6-7-18-8-15-11(12(18)14)10-9(2)16-17(3)13(10)19-4/h8H,5-7,14H2,1-4H3. The topological polar surface area (TPSA) is 70.9 Å². The Morgan fingerprint density at radius 2 is 2.16 bits per heavy atom. The molecule has 0 aliphatic heterocycles. The SMILES string of the molecule is CCCCn1cnc(-c2c(C)nn(C)c2OC)c1N. The molecule has 2 N–H and O–H groups in total. The van der Waals surface area contributed by atoms with Gasteiger partial charge in [-0.1, -0.05) is 13.3 Å². The molecule has 6 heteroatoms. The Morgan fingerprint density at radius 1 is 1.42 bits per heavy atom. The average Bonchev–Trinajstić information content (AvgIpc) is 2.87. The van der Waals surface area contributed by atoms with E-state index in [9.17, 15) is 0 Å². The molecular weight excluding hydrogens is 242 g/mol. The molecule has 0 saturated carbocycles. The maximum atomic E-state index is 6.19. The fourth-order valence-electron chi connectivity index (χ4n) is 2.23. The van der Waals surface area contributed by atoms with Crippen LogP contribution in [0.3, 0.4) is 0 Å². The number of unbranched alkanes of at least 4 members (excludes halogenated alkanes) is 1. The summed E-state index contributed by atoms with van der Waals surface area (Å²) >= 11 is 0. The van der Waals surface area contributed by atoms with Gasteiger partial charge in [0.25, 0.3) is 0 Å². The highest BCUT2D eigenvalue weighted by Gasteiger charge is 2.21. The molecule has 2 heterocycles. The number of hydrogen-bond donors (Lipinski definition) is 1. The van der Waals surface area contributed by atoms with E-state index in [2.05, 4.69) is 17.0 Å². The summed E-state index contributed by atoms with van der Waals surface area (Å²) in [6.07, 6.45) is 4.00. The van der Waals surface area contributed by atoms with Crippen molar-refractivity contribution < 1.29 is 4.74 Å². The second-order valence-corrected chi connectivity index (χ2v) is 4.62.